The van der Waals surface area contributed by atoms with Crippen LogP contribution in [0.2, 0.25) is 5.02 Å². The predicted molar refractivity (Wildman–Crippen MR) is 100 cm³/mol. The average Bonchev–Trinajstić information content (AvgIpc) is 3.00. The molecule has 144 valence electrons. The fraction of sp³-hybridized carbons (Fsp3) is 0.167. The van der Waals surface area contributed by atoms with E-state index < -0.39 is 28.7 Å². The molecule has 0 atom stereocenters. The number of amides is 2. The van der Waals surface area contributed by atoms with Gasteiger partial charge in [0.25, 0.3) is 0 Å². The van der Waals surface area contributed by atoms with E-state index in [2.05, 4.69) is 5.32 Å². The molecule has 3 rings (SSSR count). The summed E-state index contributed by atoms with van der Waals surface area (Å²) in [4.78, 5) is 25.2. The second-order valence-corrected chi connectivity index (χ2v) is 7.34. The molecule has 0 aliphatic carbocycles. The molecule has 0 spiro atoms. The van der Waals surface area contributed by atoms with Crippen LogP contribution in [0.1, 0.15) is 21.6 Å². The van der Waals surface area contributed by atoms with Gasteiger partial charge in [0, 0.05) is 23.1 Å². The Morgan fingerprint density at radius 3 is 2.75 bits per heavy atom. The minimum absolute atomic E-state index is 0.139. The maximum absolute atomic E-state index is 13.8. The van der Waals surface area contributed by atoms with Crippen molar-refractivity contribution in [3.63, 3.8) is 0 Å². The number of anilines is 1. The molecule has 2 N–H and O–H groups in total. The summed E-state index contributed by atoms with van der Waals surface area (Å²) in [5, 5.41) is 20.9. The molecule has 1 aromatic heterocycles. The van der Waals surface area contributed by atoms with Gasteiger partial charge in [0.2, 0.25) is 5.91 Å². The van der Waals surface area contributed by atoms with E-state index >= 15 is 0 Å². The molecule has 10 heteroatoms. The SMILES string of the molecule is N#Cc1c(NC(=O)C=Cc2c(F)ccc(F)c2Cl)sc2c1CCN(C(=O)O)C2. The van der Waals surface area contributed by atoms with Crippen LogP contribution in [0.25, 0.3) is 6.08 Å². The Morgan fingerprint density at radius 1 is 1.36 bits per heavy atom. The van der Waals surface area contributed by atoms with E-state index in [0.29, 0.717) is 16.9 Å². The molecule has 1 aliphatic rings. The third kappa shape index (κ3) is 3.83. The summed E-state index contributed by atoms with van der Waals surface area (Å²) in [6.07, 6.45) is 1.34. The highest BCUT2D eigenvalue weighted by atomic mass is 35.5. The number of nitrogens with zero attached hydrogens (tertiary/aromatic N) is 2. The molecule has 2 heterocycles. The van der Waals surface area contributed by atoms with Gasteiger partial charge in [0.15, 0.2) is 0 Å². The Kier molecular flexibility index (Phi) is 5.63. The number of benzene rings is 1. The Labute approximate surface area is 167 Å². The summed E-state index contributed by atoms with van der Waals surface area (Å²) in [7, 11) is 0. The summed E-state index contributed by atoms with van der Waals surface area (Å²) >= 11 is 6.82. The van der Waals surface area contributed by atoms with Gasteiger partial charge in [0.05, 0.1) is 17.1 Å². The van der Waals surface area contributed by atoms with Crippen LogP contribution in [0.15, 0.2) is 18.2 Å². The number of carbonyl (C=O) groups excluding carboxylic acids is 1. The number of carbonyl (C=O) groups is 2. The van der Waals surface area contributed by atoms with Crippen LogP contribution in [0.4, 0.5) is 18.6 Å². The number of nitriles is 1. The monoisotopic (exact) mass is 423 g/mol. The zero-order chi connectivity index (χ0) is 20.4. The molecule has 0 fully saturated rings. The zero-order valence-electron chi connectivity index (χ0n) is 14.1. The number of halogens is 3. The van der Waals surface area contributed by atoms with Gasteiger partial charge in [-0.05, 0) is 30.2 Å². The minimum Gasteiger partial charge on any atom is -0.465 e. The number of fused-ring (bicyclic) bond motifs is 1. The van der Waals surface area contributed by atoms with E-state index in [-0.39, 0.29) is 29.2 Å². The fourth-order valence-corrected chi connectivity index (χ4v) is 4.21. The smallest absolute Gasteiger partial charge is 0.407 e. The van der Waals surface area contributed by atoms with E-state index in [9.17, 15) is 23.6 Å². The predicted octanol–water partition coefficient (Wildman–Crippen LogP) is 4.24. The first-order chi connectivity index (χ1) is 13.3. The lowest BCUT2D eigenvalue weighted by Crippen LogP contribution is -2.34. The Morgan fingerprint density at radius 2 is 2.07 bits per heavy atom. The summed E-state index contributed by atoms with van der Waals surface area (Å²) in [5.74, 6) is -2.26. The summed E-state index contributed by atoms with van der Waals surface area (Å²) in [5.41, 5.74) is 0.727. The highest BCUT2D eigenvalue weighted by Crippen LogP contribution is 2.36. The van der Waals surface area contributed by atoms with Crippen molar-refractivity contribution < 1.29 is 23.5 Å². The highest BCUT2D eigenvalue weighted by molar-refractivity contribution is 7.16. The van der Waals surface area contributed by atoms with Crippen molar-refractivity contribution in [2.45, 2.75) is 13.0 Å². The molecule has 1 aromatic carbocycles. The lowest BCUT2D eigenvalue weighted by Gasteiger charge is -2.23. The molecule has 6 nitrogen and oxygen atoms in total. The summed E-state index contributed by atoms with van der Waals surface area (Å²) < 4.78 is 27.2. The van der Waals surface area contributed by atoms with E-state index in [1.54, 1.807) is 0 Å². The molecular formula is C18H12ClF2N3O3S. The third-order valence-corrected chi connectivity index (χ3v) is 5.67. The van der Waals surface area contributed by atoms with E-state index in [1.165, 1.54) is 4.90 Å². The Bertz CT molecular complexity index is 1050. The third-order valence-electron chi connectivity index (χ3n) is 4.16. The van der Waals surface area contributed by atoms with Crippen LogP contribution < -0.4 is 5.32 Å². The number of thiophene rings is 1. The Hall–Kier alpha value is -2.96. The number of rotatable bonds is 3. The lowest BCUT2D eigenvalue weighted by molar-refractivity contribution is -0.111. The average molecular weight is 424 g/mol. The van der Waals surface area contributed by atoms with Crippen LogP contribution in [-0.4, -0.2) is 28.6 Å². The molecule has 28 heavy (non-hydrogen) atoms. The molecular weight excluding hydrogens is 412 g/mol. The van der Waals surface area contributed by atoms with Crippen molar-refractivity contribution in [1.29, 1.82) is 5.26 Å². The molecule has 1 aliphatic heterocycles. The first-order valence-corrected chi connectivity index (χ1v) is 9.16. The minimum atomic E-state index is -1.06. The van der Waals surface area contributed by atoms with Crippen molar-refractivity contribution in [3.8, 4) is 6.07 Å². The largest absolute Gasteiger partial charge is 0.465 e. The van der Waals surface area contributed by atoms with Crippen LogP contribution in [0.5, 0.6) is 0 Å². The van der Waals surface area contributed by atoms with Crippen LogP contribution in [0.3, 0.4) is 0 Å². The summed E-state index contributed by atoms with van der Waals surface area (Å²) in [6.45, 7) is 0.401. The number of hydrogen-bond acceptors (Lipinski definition) is 4. The Balaban J connectivity index is 1.81. The maximum Gasteiger partial charge on any atom is 0.407 e. The van der Waals surface area contributed by atoms with Crippen molar-refractivity contribution in [3.05, 3.63) is 56.4 Å². The van der Waals surface area contributed by atoms with Gasteiger partial charge in [-0.2, -0.15) is 5.26 Å². The summed E-state index contributed by atoms with van der Waals surface area (Å²) in [6, 6.07) is 3.80. The molecule has 2 aromatic rings. The van der Waals surface area contributed by atoms with E-state index in [1.807, 2.05) is 6.07 Å². The van der Waals surface area contributed by atoms with Crippen molar-refractivity contribution in [2.24, 2.45) is 0 Å². The standard InChI is InChI=1S/C18H12ClF2N3O3S/c19-16-10(12(20)2-3-13(16)21)1-4-15(25)23-17-11(7-22)9-5-6-24(18(26)27)8-14(9)28-17/h1-4H,5-6,8H2,(H,23,25)(H,26,27). The highest BCUT2D eigenvalue weighted by Gasteiger charge is 2.27. The molecule has 0 saturated carbocycles. The molecule has 0 saturated heterocycles. The lowest BCUT2D eigenvalue weighted by atomic mass is 10.0. The van der Waals surface area contributed by atoms with E-state index in [0.717, 1.165) is 35.6 Å². The van der Waals surface area contributed by atoms with E-state index in [4.69, 9.17) is 16.7 Å². The topological polar surface area (TPSA) is 93.4 Å². The zero-order valence-corrected chi connectivity index (χ0v) is 15.7. The quantitative estimate of drug-likeness (QED) is 0.570. The fourth-order valence-electron chi connectivity index (χ4n) is 2.78. The van der Waals surface area contributed by atoms with Crippen LogP contribution >= 0.6 is 22.9 Å². The van der Waals surface area contributed by atoms with Gasteiger partial charge in [-0.15, -0.1) is 11.3 Å². The van der Waals surface area contributed by atoms with Gasteiger partial charge in [0.1, 0.15) is 22.7 Å². The second kappa shape index (κ2) is 7.96. The van der Waals surface area contributed by atoms with Crippen molar-refractivity contribution >= 4 is 46.0 Å². The second-order valence-electron chi connectivity index (χ2n) is 5.85. The van der Waals surface area contributed by atoms with Gasteiger partial charge < -0.3 is 15.3 Å². The first-order valence-electron chi connectivity index (χ1n) is 7.97. The first kappa shape index (κ1) is 19.8. The van der Waals surface area contributed by atoms with Gasteiger partial charge >= 0.3 is 6.09 Å². The van der Waals surface area contributed by atoms with Crippen LogP contribution in [-0.2, 0) is 17.8 Å². The molecule has 0 bridgehead atoms. The molecule has 0 radical (unpaired) electrons. The van der Waals surface area contributed by atoms with Gasteiger partial charge in [-0.1, -0.05) is 11.6 Å². The van der Waals surface area contributed by atoms with Crippen LogP contribution in [0, 0.1) is 23.0 Å². The normalized spacial score (nSPS) is 13.3. The number of carboxylic acid groups (broad SMARTS) is 1. The van der Waals surface area contributed by atoms with Gasteiger partial charge in [-0.3, -0.25) is 4.79 Å². The number of nitrogens with one attached hydrogen (secondary N) is 1. The number of hydrogen-bond donors (Lipinski definition) is 2. The van der Waals surface area contributed by atoms with Gasteiger partial charge in [-0.25, -0.2) is 13.6 Å². The maximum atomic E-state index is 13.8. The molecule has 2 amide bonds. The van der Waals surface area contributed by atoms with Crippen molar-refractivity contribution in [2.75, 3.05) is 11.9 Å². The molecule has 0 unspecified atom stereocenters. The van der Waals surface area contributed by atoms with Crippen molar-refractivity contribution in [1.82, 2.24) is 4.90 Å².